The van der Waals surface area contributed by atoms with Crippen molar-refractivity contribution in [3.63, 3.8) is 0 Å². The number of nitrogens with zero attached hydrogens (tertiary/aromatic N) is 4. The maximum atomic E-state index is 14.3. The van der Waals surface area contributed by atoms with Gasteiger partial charge in [-0.3, -0.25) is 0 Å². The number of nitrogens with two attached hydrogens (primary N) is 1. The molecule has 0 atom stereocenters. The summed E-state index contributed by atoms with van der Waals surface area (Å²) in [6.07, 6.45) is 6.16. The third-order valence-electron chi connectivity index (χ3n) is 15.0. The third kappa shape index (κ3) is 16.8. The number of amides is 2. The molecule has 82 heavy (non-hydrogen) atoms. The number of alkyl halides is 1. The smallest absolute Gasteiger partial charge is 0.412 e. The van der Waals surface area contributed by atoms with Gasteiger partial charge in [-0.2, -0.15) is 0 Å². The summed E-state index contributed by atoms with van der Waals surface area (Å²) in [7, 11) is -4.95. The van der Waals surface area contributed by atoms with Crippen molar-refractivity contribution < 1.29 is 43.0 Å². The Labute approximate surface area is 496 Å². The third-order valence-corrected chi connectivity index (χ3v) is 17.2. The highest BCUT2D eigenvalue weighted by Crippen LogP contribution is 2.44. The minimum absolute atomic E-state index is 0.195. The summed E-state index contributed by atoms with van der Waals surface area (Å²) >= 11 is 3.64. The summed E-state index contributed by atoms with van der Waals surface area (Å²) in [5.74, 6) is 1.92. The highest BCUT2D eigenvalue weighted by Gasteiger charge is 2.30. The van der Waals surface area contributed by atoms with Crippen molar-refractivity contribution in [2.75, 3.05) is 30.8 Å². The summed E-state index contributed by atoms with van der Waals surface area (Å²) in [6, 6.07) is 18.2. The first-order valence-corrected chi connectivity index (χ1v) is 33.0. The number of carbonyl (C=O) groups excluding carboxylic acids is 2. The number of benzene rings is 4. The molecular weight excluding hydrogens is 1130 g/mol. The van der Waals surface area contributed by atoms with E-state index in [1.807, 2.05) is 4.57 Å². The zero-order valence-corrected chi connectivity index (χ0v) is 53.7. The van der Waals surface area contributed by atoms with Gasteiger partial charge >= 0.3 is 30.8 Å². The van der Waals surface area contributed by atoms with Gasteiger partial charge in [0.2, 0.25) is 0 Å². The number of anilines is 1. The number of nitrogens with one attached hydrogen (secondary N) is 2. The van der Waals surface area contributed by atoms with E-state index in [0.717, 1.165) is 84.1 Å². The molecular formula is C63H86BrN7O9Si2. The maximum Gasteiger partial charge on any atom is 0.412 e. The minimum Gasteiger partial charge on any atom is -0.493 e. The van der Waals surface area contributed by atoms with Crippen molar-refractivity contribution >= 4 is 63.7 Å². The molecule has 1 aliphatic carbocycles. The van der Waals surface area contributed by atoms with E-state index < -0.39 is 30.8 Å². The molecule has 0 fully saturated rings. The number of hydrogen-bond acceptors (Lipinski definition) is 13. The molecule has 7 rings (SSSR count). The average Bonchev–Trinajstić information content (AvgIpc) is 3.33. The van der Waals surface area contributed by atoms with Crippen LogP contribution in [0.3, 0.4) is 0 Å². The van der Waals surface area contributed by atoms with Crippen LogP contribution in [0.1, 0.15) is 181 Å². The van der Waals surface area contributed by atoms with E-state index in [-0.39, 0.29) is 46.8 Å². The molecule has 2 amide bonds. The number of aromatic nitrogens is 4. The molecule has 0 aliphatic heterocycles. The normalized spacial score (nSPS) is 13.2. The van der Waals surface area contributed by atoms with Crippen molar-refractivity contribution in [3.8, 4) is 17.2 Å². The standard InChI is InChI=1S/C63H86BrN7O9Si2/c1-60(2,3)47-29-39-25-43-33-49(62(7,8)9)35-45(54(43)79-58(72)66-19-15-23-81(74)75)27-41-31-48(61(4,5)6)32-42(53(41)78-22-14-18-64)28-46-36-50(63(10,11)12)34-44(55(46)80-59(73)67-20-16-24-82(76)77)26-40(30-47)51(39)17-13-21-71-38-70-52-56(65)68-37-69-57(52)71/h29-38,74-77H,13-28H2,1-12H3,(H,66,72)(H,67,73)(H2,65,68,69). The van der Waals surface area contributed by atoms with Gasteiger partial charge in [-0.05, 0) is 127 Å². The van der Waals surface area contributed by atoms with E-state index in [1.165, 1.54) is 6.33 Å². The van der Waals surface area contributed by atoms with Crippen LogP contribution < -0.4 is 30.6 Å². The van der Waals surface area contributed by atoms with Gasteiger partial charge < -0.3 is 54.3 Å². The Morgan fingerprint density at radius 3 is 1.35 bits per heavy atom. The Hall–Kier alpha value is -5.68. The number of nitrogen functional groups attached to an aromatic ring is 1. The molecule has 8 bridgehead atoms. The van der Waals surface area contributed by atoms with Crippen LogP contribution in [0, 0.1) is 0 Å². The molecule has 442 valence electrons. The highest BCUT2D eigenvalue weighted by atomic mass is 79.9. The van der Waals surface area contributed by atoms with Crippen molar-refractivity contribution in [1.29, 1.82) is 0 Å². The Bertz CT molecular complexity index is 3080. The van der Waals surface area contributed by atoms with Crippen LogP contribution in [0.5, 0.6) is 17.2 Å². The van der Waals surface area contributed by atoms with Gasteiger partial charge in [0.15, 0.2) is 11.5 Å². The van der Waals surface area contributed by atoms with Crippen LogP contribution in [-0.2, 0) is 60.3 Å². The molecule has 19 heteroatoms. The van der Waals surface area contributed by atoms with E-state index in [0.29, 0.717) is 98.7 Å². The summed E-state index contributed by atoms with van der Waals surface area (Å²) in [4.78, 5) is 80.8. The van der Waals surface area contributed by atoms with Crippen molar-refractivity contribution in [3.05, 3.63) is 134 Å². The largest absolute Gasteiger partial charge is 0.493 e. The first-order chi connectivity index (χ1) is 38.5. The molecule has 16 nitrogen and oxygen atoms in total. The zero-order chi connectivity index (χ0) is 59.9. The first kappa shape index (κ1) is 63.9. The maximum absolute atomic E-state index is 14.3. The second kappa shape index (κ2) is 26.9. The fourth-order valence-corrected chi connectivity index (χ4v) is 11.5. The second-order valence-corrected chi connectivity index (χ2v) is 29.3. The fraction of sp³-hybridized carbons (Fsp3) is 0.508. The van der Waals surface area contributed by atoms with Gasteiger partial charge in [-0.15, -0.1) is 0 Å². The number of imidazole rings is 1. The number of fused-ring (bicyclic) bond motifs is 9. The molecule has 0 saturated heterocycles. The lowest BCUT2D eigenvalue weighted by Gasteiger charge is -2.29. The Morgan fingerprint density at radius 2 is 0.963 bits per heavy atom. The molecule has 4 aromatic carbocycles. The SMILES string of the molecule is CC(C)(C)c1cc2c(CCCn3cnc4c(N)ncnc43)c(c1)Cc1cc(C(C)(C)C)cc(c1OC(=O)NCCC[Si](O)O)Cc1cc(C(C)(C)C)cc(c1OCCCBr)Cc1cc(C(C)(C)C)cc(c1OC(=O)NCCC[Si](O)O)C2. The lowest BCUT2D eigenvalue weighted by atomic mass is 9.78. The van der Waals surface area contributed by atoms with Crippen molar-refractivity contribution in [2.45, 2.75) is 181 Å². The quantitative estimate of drug-likeness (QED) is 0.0241. The van der Waals surface area contributed by atoms with Crippen molar-refractivity contribution in [2.24, 2.45) is 0 Å². The number of aryl methyl sites for hydroxylation is 1. The van der Waals surface area contributed by atoms with Gasteiger partial charge in [-0.25, -0.2) is 24.5 Å². The molecule has 2 heterocycles. The Balaban J connectivity index is 1.57. The summed E-state index contributed by atoms with van der Waals surface area (Å²) in [5, 5.41) is 6.56. The second-order valence-electron chi connectivity index (χ2n) is 25.9. The molecule has 2 aromatic heterocycles. The number of ether oxygens (including phenoxy) is 3. The predicted octanol–water partition coefficient (Wildman–Crippen LogP) is 11.0. The lowest BCUT2D eigenvalue weighted by Crippen LogP contribution is -2.29. The number of hydrogen-bond donors (Lipinski definition) is 7. The molecule has 6 aromatic rings. The van der Waals surface area contributed by atoms with E-state index in [9.17, 15) is 28.8 Å². The minimum atomic E-state index is -2.47. The van der Waals surface area contributed by atoms with Crippen LogP contribution >= 0.6 is 15.9 Å². The fourth-order valence-electron chi connectivity index (χ4n) is 10.3. The Kier molecular flexibility index (Phi) is 21.0. The van der Waals surface area contributed by atoms with E-state index in [4.69, 9.17) is 19.9 Å². The first-order valence-electron chi connectivity index (χ1n) is 28.6. The van der Waals surface area contributed by atoms with Crippen LogP contribution in [0.2, 0.25) is 12.1 Å². The summed E-state index contributed by atoms with van der Waals surface area (Å²) in [6.45, 7) is 27.8. The molecule has 2 radical (unpaired) electrons. The molecule has 0 spiro atoms. The van der Waals surface area contributed by atoms with E-state index >= 15 is 0 Å². The lowest BCUT2D eigenvalue weighted by molar-refractivity contribution is 0.198. The summed E-state index contributed by atoms with van der Waals surface area (Å²) < 4.78 is 22.3. The number of carbonyl (C=O) groups is 2. The zero-order valence-electron chi connectivity index (χ0n) is 50.2. The van der Waals surface area contributed by atoms with Crippen LogP contribution in [0.4, 0.5) is 15.4 Å². The molecule has 8 N–H and O–H groups in total. The van der Waals surface area contributed by atoms with Gasteiger partial charge in [0.1, 0.15) is 29.1 Å². The topological polar surface area (TPSA) is 236 Å². The number of halogens is 1. The Morgan fingerprint density at radius 1 is 0.573 bits per heavy atom. The van der Waals surface area contributed by atoms with Crippen molar-refractivity contribution in [1.82, 2.24) is 30.2 Å². The molecule has 1 aliphatic rings. The van der Waals surface area contributed by atoms with E-state index in [2.05, 4.69) is 173 Å². The molecule has 0 unspecified atom stereocenters. The highest BCUT2D eigenvalue weighted by molar-refractivity contribution is 9.09. The van der Waals surface area contributed by atoms with Crippen LogP contribution in [0.25, 0.3) is 11.2 Å². The predicted molar refractivity (Wildman–Crippen MR) is 331 cm³/mol. The monoisotopic (exact) mass is 1220 g/mol. The summed E-state index contributed by atoms with van der Waals surface area (Å²) in [5.41, 5.74) is 18.8. The van der Waals surface area contributed by atoms with Crippen LogP contribution in [0.15, 0.2) is 61.2 Å². The molecule has 0 saturated carbocycles. The van der Waals surface area contributed by atoms with E-state index in [1.54, 1.807) is 6.33 Å². The average molecular weight is 1220 g/mol. The van der Waals surface area contributed by atoms with Gasteiger partial charge in [0, 0.05) is 61.8 Å². The van der Waals surface area contributed by atoms with Crippen LogP contribution in [-0.4, -0.2) is 94.5 Å². The van der Waals surface area contributed by atoms with Gasteiger partial charge in [0.25, 0.3) is 0 Å². The van der Waals surface area contributed by atoms with Gasteiger partial charge in [-0.1, -0.05) is 148 Å². The number of rotatable bonds is 18. The van der Waals surface area contributed by atoms with Gasteiger partial charge in [0.05, 0.1) is 12.9 Å².